The Morgan fingerprint density at radius 2 is 1.85 bits per heavy atom. The van der Waals surface area contributed by atoms with E-state index in [9.17, 15) is 14.4 Å². The number of hydrogen-bond acceptors (Lipinski definition) is 4. The van der Waals surface area contributed by atoms with Crippen LogP contribution in [0.2, 0.25) is 0 Å². The van der Waals surface area contributed by atoms with Gasteiger partial charge in [-0.25, -0.2) is 4.79 Å². The molecule has 0 aliphatic heterocycles. The molecule has 0 aromatic rings. The molecule has 2 N–H and O–H groups in total. The van der Waals surface area contributed by atoms with Gasteiger partial charge in [0.25, 0.3) is 0 Å². The molecule has 1 saturated carbocycles. The van der Waals surface area contributed by atoms with Crippen molar-refractivity contribution < 1.29 is 24.2 Å². The number of nitrogens with one attached hydrogen (secondary N) is 1. The van der Waals surface area contributed by atoms with Gasteiger partial charge in [0.1, 0.15) is 11.4 Å². The van der Waals surface area contributed by atoms with Crippen molar-refractivity contribution in [2.75, 3.05) is 6.54 Å². The van der Waals surface area contributed by atoms with Crippen molar-refractivity contribution in [3.8, 4) is 0 Å². The Balaban J connectivity index is 2.60. The first kappa shape index (κ1) is 16.5. The van der Waals surface area contributed by atoms with Crippen molar-refractivity contribution in [3.63, 3.8) is 0 Å². The van der Waals surface area contributed by atoms with Crippen LogP contribution in [0.3, 0.4) is 0 Å². The molecule has 1 aliphatic rings. The highest BCUT2D eigenvalue weighted by molar-refractivity contribution is 5.80. The van der Waals surface area contributed by atoms with E-state index in [4.69, 9.17) is 9.84 Å². The third-order valence-electron chi connectivity index (χ3n) is 3.40. The normalized spacial score (nSPS) is 18.4. The van der Waals surface area contributed by atoms with Crippen molar-refractivity contribution in [2.45, 2.75) is 58.5 Å². The van der Waals surface area contributed by atoms with Crippen molar-refractivity contribution in [1.82, 2.24) is 5.32 Å². The maximum atomic E-state index is 11.6. The number of amides is 1. The third-order valence-corrected chi connectivity index (χ3v) is 3.40. The highest BCUT2D eigenvalue weighted by Crippen LogP contribution is 2.37. The number of rotatable bonds is 4. The van der Waals surface area contributed by atoms with Gasteiger partial charge >= 0.3 is 12.1 Å². The van der Waals surface area contributed by atoms with E-state index in [0.717, 1.165) is 0 Å². The SMILES string of the molecule is CC(C)(C)OC(=O)NCC1(CC(=O)O)CCC(=O)CC1. The van der Waals surface area contributed by atoms with Gasteiger partial charge in [-0.3, -0.25) is 9.59 Å². The zero-order valence-corrected chi connectivity index (χ0v) is 12.3. The second-order valence-electron chi connectivity index (χ2n) is 6.46. The molecule has 20 heavy (non-hydrogen) atoms. The topological polar surface area (TPSA) is 92.7 Å². The Kier molecular flexibility index (Phi) is 5.14. The maximum absolute atomic E-state index is 11.6. The van der Waals surface area contributed by atoms with E-state index >= 15 is 0 Å². The number of carbonyl (C=O) groups excluding carboxylic acids is 2. The maximum Gasteiger partial charge on any atom is 0.407 e. The van der Waals surface area contributed by atoms with E-state index in [-0.39, 0.29) is 18.7 Å². The molecule has 0 heterocycles. The predicted octanol–water partition coefficient (Wildman–Crippen LogP) is 2.12. The number of carboxylic acid groups (broad SMARTS) is 1. The highest BCUT2D eigenvalue weighted by Gasteiger charge is 2.37. The van der Waals surface area contributed by atoms with Crippen LogP contribution in [-0.4, -0.2) is 35.1 Å². The Morgan fingerprint density at radius 3 is 2.30 bits per heavy atom. The molecule has 6 nitrogen and oxygen atoms in total. The smallest absolute Gasteiger partial charge is 0.407 e. The average molecular weight is 285 g/mol. The fraction of sp³-hybridized carbons (Fsp3) is 0.786. The van der Waals surface area contributed by atoms with Gasteiger partial charge in [-0.05, 0) is 39.0 Å². The molecular formula is C14H23NO5. The van der Waals surface area contributed by atoms with E-state index in [2.05, 4.69) is 5.32 Å². The van der Waals surface area contributed by atoms with Crippen LogP contribution >= 0.6 is 0 Å². The quantitative estimate of drug-likeness (QED) is 0.825. The summed E-state index contributed by atoms with van der Waals surface area (Å²) in [5.74, 6) is -0.756. The van der Waals surface area contributed by atoms with Crippen LogP contribution < -0.4 is 5.32 Å². The number of ether oxygens (including phenoxy) is 1. The van der Waals surface area contributed by atoms with E-state index < -0.39 is 23.1 Å². The summed E-state index contributed by atoms with van der Waals surface area (Å²) < 4.78 is 5.14. The first-order valence-corrected chi connectivity index (χ1v) is 6.82. The van der Waals surface area contributed by atoms with Crippen LogP contribution in [0, 0.1) is 5.41 Å². The van der Waals surface area contributed by atoms with Gasteiger partial charge in [0, 0.05) is 19.4 Å². The summed E-state index contributed by atoms with van der Waals surface area (Å²) in [6.45, 7) is 5.51. The number of ketones is 1. The Bertz CT molecular complexity index is 387. The molecule has 0 bridgehead atoms. The molecule has 0 atom stereocenters. The van der Waals surface area contributed by atoms with Crippen LogP contribution in [0.15, 0.2) is 0 Å². The molecule has 0 saturated heterocycles. The fourth-order valence-corrected chi connectivity index (χ4v) is 2.37. The lowest BCUT2D eigenvalue weighted by atomic mass is 9.71. The lowest BCUT2D eigenvalue weighted by molar-refractivity contribution is -0.141. The number of carbonyl (C=O) groups is 3. The highest BCUT2D eigenvalue weighted by atomic mass is 16.6. The molecule has 0 radical (unpaired) electrons. The minimum absolute atomic E-state index is 0.0456. The standard InChI is InChI=1S/C14H23NO5/c1-13(2,3)20-12(19)15-9-14(8-11(17)18)6-4-10(16)5-7-14/h4-9H2,1-3H3,(H,15,19)(H,17,18). The van der Waals surface area contributed by atoms with Crippen molar-refractivity contribution in [3.05, 3.63) is 0 Å². The first-order chi connectivity index (χ1) is 9.12. The van der Waals surface area contributed by atoms with Gasteiger partial charge in [0.2, 0.25) is 0 Å². The molecular weight excluding hydrogens is 262 g/mol. The summed E-state index contributed by atoms with van der Waals surface area (Å²) in [6.07, 6.45) is 1.14. The molecule has 1 amide bonds. The van der Waals surface area contributed by atoms with Crippen LogP contribution in [0.25, 0.3) is 0 Å². The molecule has 114 valence electrons. The molecule has 6 heteroatoms. The summed E-state index contributed by atoms with van der Waals surface area (Å²) in [5, 5.41) is 11.7. The minimum atomic E-state index is -0.912. The van der Waals surface area contributed by atoms with Gasteiger partial charge in [-0.1, -0.05) is 0 Å². The second kappa shape index (κ2) is 6.24. The fourth-order valence-electron chi connectivity index (χ4n) is 2.37. The predicted molar refractivity (Wildman–Crippen MR) is 72.4 cm³/mol. The lowest BCUT2D eigenvalue weighted by Crippen LogP contribution is -2.43. The van der Waals surface area contributed by atoms with Crippen LogP contribution in [0.5, 0.6) is 0 Å². The molecule has 1 fully saturated rings. The lowest BCUT2D eigenvalue weighted by Gasteiger charge is -2.35. The summed E-state index contributed by atoms with van der Waals surface area (Å²) in [4.78, 5) is 33.9. The molecule has 0 aromatic carbocycles. The number of hydrogen-bond donors (Lipinski definition) is 2. The van der Waals surface area contributed by atoms with Crippen LogP contribution in [0.4, 0.5) is 4.79 Å². The van der Waals surface area contributed by atoms with Crippen molar-refractivity contribution in [1.29, 1.82) is 0 Å². The van der Waals surface area contributed by atoms with Gasteiger partial charge in [-0.2, -0.15) is 0 Å². The number of alkyl carbamates (subject to hydrolysis) is 1. The first-order valence-electron chi connectivity index (χ1n) is 6.82. The molecule has 0 aromatic heterocycles. The monoisotopic (exact) mass is 285 g/mol. The summed E-state index contributed by atoms with van der Waals surface area (Å²) >= 11 is 0. The van der Waals surface area contributed by atoms with Gasteiger partial charge in [-0.15, -0.1) is 0 Å². The Morgan fingerprint density at radius 1 is 1.30 bits per heavy atom. The summed E-state index contributed by atoms with van der Waals surface area (Å²) in [6, 6.07) is 0. The number of carboxylic acids is 1. The van der Waals surface area contributed by atoms with E-state index in [0.29, 0.717) is 25.7 Å². The average Bonchev–Trinajstić information content (AvgIpc) is 2.28. The molecule has 0 spiro atoms. The van der Waals surface area contributed by atoms with Crippen LogP contribution in [-0.2, 0) is 14.3 Å². The zero-order chi connectivity index (χ0) is 15.4. The zero-order valence-electron chi connectivity index (χ0n) is 12.3. The largest absolute Gasteiger partial charge is 0.481 e. The van der Waals surface area contributed by atoms with Crippen LogP contribution in [0.1, 0.15) is 52.9 Å². The van der Waals surface area contributed by atoms with Crippen molar-refractivity contribution in [2.24, 2.45) is 5.41 Å². The Labute approximate surface area is 118 Å². The van der Waals surface area contributed by atoms with E-state index in [1.165, 1.54) is 0 Å². The summed E-state index contributed by atoms with van der Waals surface area (Å²) in [7, 11) is 0. The molecule has 1 aliphatic carbocycles. The van der Waals surface area contributed by atoms with Crippen molar-refractivity contribution >= 4 is 17.8 Å². The summed E-state index contributed by atoms with van der Waals surface area (Å²) in [5.41, 5.74) is -1.14. The minimum Gasteiger partial charge on any atom is -0.481 e. The van der Waals surface area contributed by atoms with Gasteiger partial charge < -0.3 is 15.2 Å². The molecule has 1 rings (SSSR count). The van der Waals surface area contributed by atoms with Gasteiger partial charge in [0.05, 0.1) is 6.42 Å². The third kappa shape index (κ3) is 5.59. The second-order valence-corrected chi connectivity index (χ2v) is 6.46. The Hall–Kier alpha value is -1.59. The number of Topliss-reactive ketones (excluding diaryl/α,β-unsaturated/α-hetero) is 1. The number of aliphatic carboxylic acids is 1. The molecule has 0 unspecified atom stereocenters. The van der Waals surface area contributed by atoms with E-state index in [1.54, 1.807) is 20.8 Å². The van der Waals surface area contributed by atoms with E-state index in [1.807, 2.05) is 0 Å². The van der Waals surface area contributed by atoms with Gasteiger partial charge in [0.15, 0.2) is 0 Å².